The first kappa shape index (κ1) is 11.5. The van der Waals surface area contributed by atoms with E-state index in [1.807, 2.05) is 0 Å². The first-order chi connectivity index (χ1) is 7.24. The third-order valence-electron chi connectivity index (χ3n) is 1.82. The second kappa shape index (κ2) is 6.03. The number of carboxylic acid groups (broad SMARTS) is 1. The maximum atomic E-state index is 10.6. The second-order valence-corrected chi connectivity index (χ2v) is 3.09. The maximum absolute atomic E-state index is 10.6. The van der Waals surface area contributed by atoms with Crippen LogP contribution in [0.1, 0.15) is 30.1 Å². The molecular formula is C11H14O4. The van der Waals surface area contributed by atoms with Gasteiger partial charge in [-0.1, -0.05) is 19.4 Å². The lowest BCUT2D eigenvalue weighted by atomic mass is 10.2. The van der Waals surface area contributed by atoms with E-state index >= 15 is 0 Å². The van der Waals surface area contributed by atoms with Gasteiger partial charge in [0.1, 0.15) is 0 Å². The highest BCUT2D eigenvalue weighted by molar-refractivity contribution is 5.87. The smallest absolute Gasteiger partial charge is 0.335 e. The molecule has 1 N–H and O–H groups in total. The van der Waals surface area contributed by atoms with E-state index in [1.54, 1.807) is 12.1 Å². The van der Waals surface area contributed by atoms with Crippen LogP contribution in [0.25, 0.3) is 0 Å². The number of carboxylic acids is 1. The van der Waals surface area contributed by atoms with E-state index in [0.717, 1.165) is 12.8 Å². The fraction of sp³-hybridized carbons (Fsp3) is 0.364. The van der Waals surface area contributed by atoms with Crippen LogP contribution < -0.4 is 4.89 Å². The summed E-state index contributed by atoms with van der Waals surface area (Å²) in [5.74, 6) is -0.569. The van der Waals surface area contributed by atoms with Crippen molar-refractivity contribution in [3.05, 3.63) is 29.8 Å². The quantitative estimate of drug-likeness (QED) is 0.445. The largest absolute Gasteiger partial charge is 0.478 e. The molecular weight excluding hydrogens is 196 g/mol. The van der Waals surface area contributed by atoms with Gasteiger partial charge in [0.15, 0.2) is 5.75 Å². The van der Waals surface area contributed by atoms with Crippen LogP contribution in [0.4, 0.5) is 0 Å². The monoisotopic (exact) mass is 210 g/mol. The minimum Gasteiger partial charge on any atom is -0.478 e. The molecule has 0 heterocycles. The van der Waals surface area contributed by atoms with Gasteiger partial charge >= 0.3 is 5.97 Å². The number of unbranched alkanes of at least 4 members (excludes halogenated alkanes) is 1. The molecule has 0 aliphatic carbocycles. The van der Waals surface area contributed by atoms with Crippen LogP contribution in [0.5, 0.6) is 5.75 Å². The molecule has 0 atom stereocenters. The summed E-state index contributed by atoms with van der Waals surface area (Å²) in [5.41, 5.74) is 0.187. The van der Waals surface area contributed by atoms with E-state index in [0.29, 0.717) is 12.4 Å². The van der Waals surface area contributed by atoms with Gasteiger partial charge in [-0.3, -0.25) is 0 Å². The van der Waals surface area contributed by atoms with Gasteiger partial charge in [0, 0.05) is 0 Å². The number of hydrogen-bond acceptors (Lipinski definition) is 3. The zero-order chi connectivity index (χ0) is 11.1. The first-order valence-electron chi connectivity index (χ1n) is 4.87. The van der Waals surface area contributed by atoms with Gasteiger partial charge in [0.25, 0.3) is 0 Å². The normalized spacial score (nSPS) is 9.93. The molecule has 1 rings (SSSR count). The number of hydrogen-bond donors (Lipinski definition) is 1. The molecule has 1 aromatic rings. The summed E-state index contributed by atoms with van der Waals surface area (Å²) in [6.07, 6.45) is 1.94. The Bertz CT molecular complexity index is 322. The first-order valence-corrected chi connectivity index (χ1v) is 4.87. The molecule has 0 bridgehead atoms. The Morgan fingerprint density at radius 3 is 2.93 bits per heavy atom. The van der Waals surface area contributed by atoms with Gasteiger partial charge in [-0.15, -0.1) is 0 Å². The minimum atomic E-state index is -0.978. The minimum absolute atomic E-state index is 0.187. The van der Waals surface area contributed by atoms with E-state index in [2.05, 4.69) is 6.92 Å². The van der Waals surface area contributed by atoms with Gasteiger partial charge in [0.2, 0.25) is 0 Å². The average molecular weight is 210 g/mol. The Balaban J connectivity index is 2.47. The van der Waals surface area contributed by atoms with Crippen LogP contribution in [0.3, 0.4) is 0 Å². The summed E-state index contributed by atoms with van der Waals surface area (Å²) in [6.45, 7) is 2.56. The van der Waals surface area contributed by atoms with Crippen molar-refractivity contribution in [3.63, 3.8) is 0 Å². The van der Waals surface area contributed by atoms with Crippen LogP contribution in [-0.2, 0) is 4.89 Å². The molecule has 0 spiro atoms. The molecule has 1 aromatic carbocycles. The van der Waals surface area contributed by atoms with Crippen molar-refractivity contribution < 1.29 is 19.7 Å². The van der Waals surface area contributed by atoms with Crippen LogP contribution in [0, 0.1) is 0 Å². The molecule has 0 amide bonds. The van der Waals surface area contributed by atoms with Crippen LogP contribution in [0.15, 0.2) is 24.3 Å². The van der Waals surface area contributed by atoms with Gasteiger partial charge < -0.3 is 9.99 Å². The average Bonchev–Trinajstić information content (AvgIpc) is 2.25. The molecule has 0 fully saturated rings. The molecule has 0 radical (unpaired) electrons. The van der Waals surface area contributed by atoms with Crippen molar-refractivity contribution in [2.75, 3.05) is 6.61 Å². The second-order valence-electron chi connectivity index (χ2n) is 3.09. The highest BCUT2D eigenvalue weighted by atomic mass is 17.2. The molecule has 82 valence electrons. The fourth-order valence-corrected chi connectivity index (χ4v) is 0.994. The lowest BCUT2D eigenvalue weighted by molar-refractivity contribution is -0.207. The van der Waals surface area contributed by atoms with E-state index in [-0.39, 0.29) is 5.56 Å². The summed E-state index contributed by atoms with van der Waals surface area (Å²) in [6, 6.07) is 6.19. The summed E-state index contributed by atoms with van der Waals surface area (Å²) >= 11 is 0. The van der Waals surface area contributed by atoms with E-state index < -0.39 is 5.97 Å². The molecule has 4 heteroatoms. The SMILES string of the molecule is CCCCOOc1cccc(C(=O)O)c1. The van der Waals surface area contributed by atoms with E-state index in [1.165, 1.54) is 12.1 Å². The highest BCUT2D eigenvalue weighted by Crippen LogP contribution is 2.13. The summed E-state index contributed by atoms with van der Waals surface area (Å²) < 4.78 is 0. The van der Waals surface area contributed by atoms with Crippen LogP contribution in [0.2, 0.25) is 0 Å². The number of rotatable bonds is 6. The molecule has 0 aromatic heterocycles. The van der Waals surface area contributed by atoms with Crippen molar-refractivity contribution in [3.8, 4) is 5.75 Å². The molecule has 0 aliphatic rings. The van der Waals surface area contributed by atoms with Crippen molar-refractivity contribution in [2.45, 2.75) is 19.8 Å². The van der Waals surface area contributed by atoms with Gasteiger partial charge in [-0.25, -0.2) is 4.79 Å². The molecule has 0 unspecified atom stereocenters. The lowest BCUT2D eigenvalue weighted by Crippen LogP contribution is -2.01. The van der Waals surface area contributed by atoms with Gasteiger partial charge in [-0.2, -0.15) is 4.89 Å². The predicted molar refractivity (Wildman–Crippen MR) is 54.9 cm³/mol. The molecule has 15 heavy (non-hydrogen) atoms. The Labute approximate surface area is 88.4 Å². The fourth-order valence-electron chi connectivity index (χ4n) is 0.994. The number of benzene rings is 1. The zero-order valence-electron chi connectivity index (χ0n) is 8.60. The predicted octanol–water partition coefficient (Wildman–Crippen LogP) is 2.50. The summed E-state index contributed by atoms with van der Waals surface area (Å²) in [5, 5.41) is 8.72. The third kappa shape index (κ3) is 3.99. The van der Waals surface area contributed by atoms with Crippen LogP contribution in [-0.4, -0.2) is 17.7 Å². The molecule has 0 aliphatic heterocycles. The number of aromatic carboxylic acids is 1. The Morgan fingerprint density at radius 1 is 1.47 bits per heavy atom. The highest BCUT2D eigenvalue weighted by Gasteiger charge is 2.03. The van der Waals surface area contributed by atoms with Crippen molar-refractivity contribution in [1.82, 2.24) is 0 Å². The Hall–Kier alpha value is -1.55. The zero-order valence-corrected chi connectivity index (χ0v) is 8.60. The Morgan fingerprint density at radius 2 is 2.27 bits per heavy atom. The summed E-state index contributed by atoms with van der Waals surface area (Å²) in [4.78, 5) is 20.5. The van der Waals surface area contributed by atoms with E-state index in [9.17, 15) is 4.79 Å². The summed E-state index contributed by atoms with van der Waals surface area (Å²) in [7, 11) is 0. The molecule has 0 saturated carbocycles. The van der Waals surface area contributed by atoms with E-state index in [4.69, 9.17) is 14.9 Å². The number of carbonyl (C=O) groups is 1. The topological polar surface area (TPSA) is 55.8 Å². The van der Waals surface area contributed by atoms with Crippen LogP contribution >= 0.6 is 0 Å². The Kier molecular flexibility index (Phi) is 4.63. The third-order valence-corrected chi connectivity index (χ3v) is 1.82. The van der Waals surface area contributed by atoms with Gasteiger partial charge in [0.05, 0.1) is 12.2 Å². The van der Waals surface area contributed by atoms with Gasteiger partial charge in [-0.05, 0) is 24.6 Å². The molecule has 0 saturated heterocycles. The van der Waals surface area contributed by atoms with Crippen molar-refractivity contribution in [2.24, 2.45) is 0 Å². The standard InChI is InChI=1S/C11H14O4/c1-2-3-7-14-15-10-6-4-5-9(8-10)11(12)13/h4-6,8H,2-3,7H2,1H3,(H,12,13). The van der Waals surface area contributed by atoms with Crippen molar-refractivity contribution >= 4 is 5.97 Å². The molecule has 4 nitrogen and oxygen atoms in total. The maximum Gasteiger partial charge on any atom is 0.335 e. The van der Waals surface area contributed by atoms with Crippen molar-refractivity contribution in [1.29, 1.82) is 0 Å². The lowest BCUT2D eigenvalue weighted by Gasteiger charge is -2.04.